The second-order valence-corrected chi connectivity index (χ2v) is 5.65. The van der Waals surface area contributed by atoms with Crippen LogP contribution in [0.5, 0.6) is 5.75 Å². The van der Waals surface area contributed by atoms with E-state index in [1.165, 1.54) is 7.11 Å². The summed E-state index contributed by atoms with van der Waals surface area (Å²) in [5.41, 5.74) is 1.42. The van der Waals surface area contributed by atoms with Crippen LogP contribution in [-0.2, 0) is 11.3 Å². The van der Waals surface area contributed by atoms with Gasteiger partial charge in [0.2, 0.25) is 5.91 Å². The Kier molecular flexibility index (Phi) is 6.17. The number of ether oxygens (including phenoxy) is 1. The van der Waals surface area contributed by atoms with Gasteiger partial charge in [-0.25, -0.2) is 0 Å². The fourth-order valence-corrected chi connectivity index (χ4v) is 2.35. The van der Waals surface area contributed by atoms with E-state index in [1.54, 1.807) is 18.2 Å². The van der Waals surface area contributed by atoms with Gasteiger partial charge in [-0.3, -0.25) is 9.59 Å². The lowest BCUT2D eigenvalue weighted by atomic mass is 10.2. The molecule has 120 valence electrons. The SMILES string of the molecule is COc1ccc(Br)c(C(=O)NCC(=O)NCc2ccccc2)c1. The van der Waals surface area contributed by atoms with Crippen LogP contribution in [0, 0.1) is 0 Å². The van der Waals surface area contributed by atoms with Crippen LogP contribution in [0.1, 0.15) is 15.9 Å². The number of nitrogens with one attached hydrogen (secondary N) is 2. The Morgan fingerprint density at radius 1 is 1.09 bits per heavy atom. The maximum absolute atomic E-state index is 12.1. The summed E-state index contributed by atoms with van der Waals surface area (Å²) in [7, 11) is 1.53. The van der Waals surface area contributed by atoms with E-state index in [9.17, 15) is 9.59 Å². The second-order valence-electron chi connectivity index (χ2n) is 4.79. The third-order valence-corrected chi connectivity index (χ3v) is 3.85. The number of amides is 2. The van der Waals surface area contributed by atoms with Crippen LogP contribution in [0.2, 0.25) is 0 Å². The highest BCUT2D eigenvalue weighted by Crippen LogP contribution is 2.22. The van der Waals surface area contributed by atoms with E-state index in [1.807, 2.05) is 30.3 Å². The summed E-state index contributed by atoms with van der Waals surface area (Å²) >= 11 is 3.31. The standard InChI is InChI=1S/C17H17BrN2O3/c1-23-13-7-8-15(18)14(9-13)17(22)20-11-16(21)19-10-12-5-3-2-4-6-12/h2-9H,10-11H2,1H3,(H,19,21)(H,20,22). The lowest BCUT2D eigenvalue weighted by Crippen LogP contribution is -2.36. The fourth-order valence-electron chi connectivity index (χ4n) is 1.92. The van der Waals surface area contributed by atoms with Crippen LogP contribution in [0.4, 0.5) is 0 Å². The van der Waals surface area contributed by atoms with Gasteiger partial charge in [-0.05, 0) is 39.7 Å². The molecule has 0 heterocycles. The Labute approximate surface area is 143 Å². The van der Waals surface area contributed by atoms with E-state index in [4.69, 9.17) is 4.74 Å². The van der Waals surface area contributed by atoms with Crippen LogP contribution < -0.4 is 15.4 Å². The molecule has 0 saturated carbocycles. The highest BCUT2D eigenvalue weighted by atomic mass is 79.9. The Bertz CT molecular complexity index is 689. The van der Waals surface area contributed by atoms with Gasteiger partial charge < -0.3 is 15.4 Å². The first-order valence-electron chi connectivity index (χ1n) is 7.02. The molecule has 0 fully saturated rings. The molecule has 5 nitrogen and oxygen atoms in total. The average Bonchev–Trinajstić information content (AvgIpc) is 2.59. The minimum absolute atomic E-state index is 0.0880. The summed E-state index contributed by atoms with van der Waals surface area (Å²) < 4.78 is 5.73. The van der Waals surface area contributed by atoms with Crippen molar-refractivity contribution in [2.75, 3.05) is 13.7 Å². The molecule has 0 radical (unpaired) electrons. The van der Waals surface area contributed by atoms with Gasteiger partial charge in [0.05, 0.1) is 19.2 Å². The smallest absolute Gasteiger partial charge is 0.252 e. The Balaban J connectivity index is 1.85. The van der Waals surface area contributed by atoms with Crippen molar-refractivity contribution >= 4 is 27.7 Å². The van der Waals surface area contributed by atoms with Crippen LogP contribution in [-0.4, -0.2) is 25.5 Å². The summed E-state index contributed by atoms with van der Waals surface area (Å²) in [5, 5.41) is 5.34. The average molecular weight is 377 g/mol. The van der Waals surface area contributed by atoms with Gasteiger partial charge in [0.1, 0.15) is 5.75 Å². The summed E-state index contributed by atoms with van der Waals surface area (Å²) in [6, 6.07) is 14.7. The van der Waals surface area contributed by atoms with Crippen molar-refractivity contribution in [2.45, 2.75) is 6.54 Å². The van der Waals surface area contributed by atoms with Crippen LogP contribution >= 0.6 is 15.9 Å². The molecular formula is C17H17BrN2O3. The molecule has 0 unspecified atom stereocenters. The topological polar surface area (TPSA) is 67.4 Å². The lowest BCUT2D eigenvalue weighted by molar-refractivity contribution is -0.120. The van der Waals surface area contributed by atoms with Gasteiger partial charge >= 0.3 is 0 Å². The molecule has 0 aliphatic heterocycles. The number of hydrogen-bond donors (Lipinski definition) is 2. The minimum Gasteiger partial charge on any atom is -0.497 e. The largest absolute Gasteiger partial charge is 0.497 e. The first kappa shape index (κ1) is 17.0. The molecule has 0 bridgehead atoms. The van der Waals surface area contributed by atoms with E-state index in [0.29, 0.717) is 22.3 Å². The molecule has 2 aromatic rings. The number of methoxy groups -OCH3 is 1. The van der Waals surface area contributed by atoms with Crippen LogP contribution in [0.15, 0.2) is 53.0 Å². The molecule has 0 aromatic heterocycles. The normalized spacial score (nSPS) is 10.0. The molecule has 0 spiro atoms. The zero-order valence-corrected chi connectivity index (χ0v) is 14.2. The van der Waals surface area contributed by atoms with Gasteiger partial charge in [-0.1, -0.05) is 30.3 Å². The first-order chi connectivity index (χ1) is 11.1. The van der Waals surface area contributed by atoms with Crippen LogP contribution in [0.3, 0.4) is 0 Å². The van der Waals surface area contributed by atoms with Crippen molar-refractivity contribution in [2.24, 2.45) is 0 Å². The number of carbonyl (C=O) groups excluding carboxylic acids is 2. The van der Waals surface area contributed by atoms with E-state index in [0.717, 1.165) is 5.56 Å². The molecule has 0 aliphatic rings. The van der Waals surface area contributed by atoms with E-state index in [2.05, 4.69) is 26.6 Å². The summed E-state index contributed by atoms with van der Waals surface area (Å²) in [6.07, 6.45) is 0. The number of hydrogen-bond acceptors (Lipinski definition) is 3. The Morgan fingerprint density at radius 2 is 1.83 bits per heavy atom. The zero-order valence-electron chi connectivity index (χ0n) is 12.6. The molecule has 6 heteroatoms. The van der Waals surface area contributed by atoms with E-state index in [-0.39, 0.29) is 18.4 Å². The van der Waals surface area contributed by atoms with Gasteiger partial charge in [-0.2, -0.15) is 0 Å². The molecule has 2 aromatic carbocycles. The second kappa shape index (κ2) is 8.33. The molecule has 2 rings (SSSR count). The highest BCUT2D eigenvalue weighted by Gasteiger charge is 2.12. The van der Waals surface area contributed by atoms with Crippen LogP contribution in [0.25, 0.3) is 0 Å². The predicted molar refractivity (Wildman–Crippen MR) is 91.3 cm³/mol. The fraction of sp³-hybridized carbons (Fsp3) is 0.176. The number of carbonyl (C=O) groups is 2. The van der Waals surface area contributed by atoms with Crippen molar-refractivity contribution in [1.29, 1.82) is 0 Å². The third kappa shape index (κ3) is 5.10. The zero-order chi connectivity index (χ0) is 16.7. The number of benzene rings is 2. The Hall–Kier alpha value is -2.34. The molecule has 0 saturated heterocycles. The highest BCUT2D eigenvalue weighted by molar-refractivity contribution is 9.10. The number of rotatable bonds is 6. The number of halogens is 1. The minimum atomic E-state index is -0.342. The van der Waals surface area contributed by atoms with Crippen molar-refractivity contribution in [3.05, 3.63) is 64.1 Å². The van der Waals surface area contributed by atoms with Gasteiger partial charge in [0, 0.05) is 11.0 Å². The molecule has 23 heavy (non-hydrogen) atoms. The van der Waals surface area contributed by atoms with Crippen molar-refractivity contribution in [1.82, 2.24) is 10.6 Å². The maximum Gasteiger partial charge on any atom is 0.252 e. The summed E-state index contributed by atoms with van der Waals surface area (Å²) in [5.74, 6) is -0.0151. The van der Waals surface area contributed by atoms with E-state index >= 15 is 0 Å². The lowest BCUT2D eigenvalue weighted by Gasteiger charge is -2.09. The predicted octanol–water partition coefficient (Wildman–Crippen LogP) is 2.50. The summed E-state index contributed by atoms with van der Waals surface area (Å²) in [6.45, 7) is 0.341. The van der Waals surface area contributed by atoms with Gasteiger partial charge in [0.25, 0.3) is 5.91 Å². The monoisotopic (exact) mass is 376 g/mol. The van der Waals surface area contributed by atoms with Gasteiger partial charge in [-0.15, -0.1) is 0 Å². The quantitative estimate of drug-likeness (QED) is 0.813. The summed E-state index contributed by atoms with van der Waals surface area (Å²) in [4.78, 5) is 23.9. The molecular weight excluding hydrogens is 360 g/mol. The van der Waals surface area contributed by atoms with Gasteiger partial charge in [0.15, 0.2) is 0 Å². The van der Waals surface area contributed by atoms with Crippen molar-refractivity contribution < 1.29 is 14.3 Å². The maximum atomic E-state index is 12.1. The third-order valence-electron chi connectivity index (χ3n) is 3.16. The molecule has 2 amide bonds. The van der Waals surface area contributed by atoms with E-state index < -0.39 is 0 Å². The molecule has 0 aliphatic carbocycles. The first-order valence-corrected chi connectivity index (χ1v) is 7.82. The molecule has 0 atom stereocenters. The molecule has 2 N–H and O–H groups in total. The van der Waals surface area contributed by atoms with Crippen molar-refractivity contribution in [3.8, 4) is 5.75 Å². The Morgan fingerprint density at radius 3 is 2.52 bits per heavy atom. The van der Waals surface area contributed by atoms with Crippen molar-refractivity contribution in [3.63, 3.8) is 0 Å².